The predicted octanol–water partition coefficient (Wildman–Crippen LogP) is 6.78. The number of anilines is 4. The van der Waals surface area contributed by atoms with E-state index in [9.17, 15) is 56.7 Å². The molecule has 7 N–H and O–H groups in total. The van der Waals surface area contributed by atoms with Gasteiger partial charge in [-0.25, -0.2) is 4.79 Å². The summed E-state index contributed by atoms with van der Waals surface area (Å²) >= 11 is 0. The first-order valence-corrected chi connectivity index (χ1v) is 22.5. The minimum absolute atomic E-state index is 0.0253. The summed E-state index contributed by atoms with van der Waals surface area (Å²) in [6, 6.07) is 23.4. The van der Waals surface area contributed by atoms with Crippen LogP contribution in [0.25, 0.3) is 21.5 Å². The van der Waals surface area contributed by atoms with E-state index in [0.717, 1.165) is 24.3 Å². The van der Waals surface area contributed by atoms with Crippen molar-refractivity contribution in [1.29, 1.82) is 0 Å². The summed E-state index contributed by atoms with van der Waals surface area (Å²) in [5, 5.41) is 21.0. The van der Waals surface area contributed by atoms with Crippen LogP contribution < -0.4 is 16.3 Å². The topological polar surface area (TPSA) is 350 Å². The summed E-state index contributed by atoms with van der Waals surface area (Å²) in [5.74, 6) is -0.144. The van der Waals surface area contributed by atoms with Crippen LogP contribution in [0.1, 0.15) is 0 Å². The Hall–Kier alpha value is -6.91. The van der Waals surface area contributed by atoms with Crippen LogP contribution in [0.15, 0.2) is 154 Å². The third-order valence-electron chi connectivity index (χ3n) is 8.38. The molecule has 0 aliphatic heterocycles. The van der Waals surface area contributed by atoms with Crippen molar-refractivity contribution in [2.75, 3.05) is 10.6 Å². The number of rotatable bonds is 12. The molecule has 312 valence electrons. The van der Waals surface area contributed by atoms with Gasteiger partial charge in [-0.2, -0.15) is 64.1 Å². The van der Waals surface area contributed by atoms with Crippen molar-refractivity contribution in [2.45, 2.75) is 19.6 Å². The SMILES string of the molecule is O=c1nc(Nc2ccc(N=Nc3cc(S(=O)(=O)O)c4cccc(S(=O)(=O)O)c4c3)cc2)nc(Nc2ccc(N=Nc3cc(S(=O)(=O)O)c4cccc(S(=O)(=O)O)c4c3)cc2)[nH]1. The van der Waals surface area contributed by atoms with Gasteiger partial charge in [0.05, 0.1) is 22.7 Å². The first-order chi connectivity index (χ1) is 28.6. The zero-order valence-electron chi connectivity index (χ0n) is 30.2. The fourth-order valence-electron chi connectivity index (χ4n) is 5.83. The highest BCUT2D eigenvalue weighted by Gasteiger charge is 2.23. The maximum absolute atomic E-state index is 12.4. The average molecular weight is 908 g/mol. The molecule has 0 saturated heterocycles. The number of benzene rings is 6. The number of aromatic nitrogens is 3. The highest BCUT2D eigenvalue weighted by molar-refractivity contribution is 7.87. The summed E-state index contributed by atoms with van der Waals surface area (Å²) in [7, 11) is -19.3. The van der Waals surface area contributed by atoms with Gasteiger partial charge in [-0.1, -0.05) is 24.3 Å². The quantitative estimate of drug-likeness (QED) is 0.0490. The number of aromatic amines is 1. The van der Waals surface area contributed by atoms with Crippen LogP contribution in [-0.4, -0.2) is 66.8 Å². The lowest BCUT2D eigenvalue weighted by Crippen LogP contribution is -2.16. The lowest BCUT2D eigenvalue weighted by atomic mass is 10.1. The van der Waals surface area contributed by atoms with Crippen molar-refractivity contribution in [3.63, 3.8) is 0 Å². The molecule has 7 aromatic rings. The normalized spacial score (nSPS) is 12.7. The molecule has 0 aliphatic rings. The zero-order valence-corrected chi connectivity index (χ0v) is 33.4. The maximum atomic E-state index is 12.4. The lowest BCUT2D eigenvalue weighted by Gasteiger charge is -2.09. The smallest absolute Gasteiger partial charge is 0.326 e. The maximum Gasteiger partial charge on any atom is 0.351 e. The van der Waals surface area contributed by atoms with Crippen molar-refractivity contribution in [3.05, 3.63) is 120 Å². The summed E-state index contributed by atoms with van der Waals surface area (Å²) in [5.41, 5.74) is 0.201. The molecule has 0 spiro atoms. The van der Waals surface area contributed by atoms with Crippen LogP contribution in [0.3, 0.4) is 0 Å². The fourth-order valence-corrected chi connectivity index (χ4v) is 8.68. The molecule has 0 radical (unpaired) electrons. The molecule has 0 unspecified atom stereocenters. The number of azo groups is 2. The van der Waals surface area contributed by atoms with Gasteiger partial charge in [0.1, 0.15) is 19.6 Å². The Kier molecular flexibility index (Phi) is 11.0. The number of hydrogen-bond donors (Lipinski definition) is 7. The van der Waals surface area contributed by atoms with E-state index in [-0.39, 0.29) is 56.2 Å². The van der Waals surface area contributed by atoms with Crippen LogP contribution in [0.2, 0.25) is 0 Å². The molecule has 0 fully saturated rings. The van der Waals surface area contributed by atoms with Gasteiger partial charge in [0.25, 0.3) is 40.5 Å². The summed E-state index contributed by atoms with van der Waals surface area (Å²) in [6.45, 7) is 0. The fraction of sp³-hybridized carbons (Fsp3) is 0. The summed E-state index contributed by atoms with van der Waals surface area (Å²) in [4.78, 5) is 20.3. The van der Waals surface area contributed by atoms with E-state index in [4.69, 9.17) is 0 Å². The van der Waals surface area contributed by atoms with Gasteiger partial charge in [0, 0.05) is 32.9 Å². The molecule has 7 rings (SSSR count). The van der Waals surface area contributed by atoms with Crippen LogP contribution in [0.5, 0.6) is 0 Å². The van der Waals surface area contributed by atoms with E-state index in [1.54, 1.807) is 0 Å². The molecular weight excluding hydrogens is 883 g/mol. The predicted molar refractivity (Wildman–Crippen MR) is 218 cm³/mol. The van der Waals surface area contributed by atoms with E-state index < -0.39 is 65.7 Å². The Morgan fingerprint density at radius 1 is 0.443 bits per heavy atom. The lowest BCUT2D eigenvalue weighted by molar-refractivity contribution is 0.481. The van der Waals surface area contributed by atoms with Gasteiger partial charge in [0.15, 0.2) is 0 Å². The van der Waals surface area contributed by atoms with Gasteiger partial charge in [-0.05, 0) is 84.9 Å². The van der Waals surface area contributed by atoms with Crippen molar-refractivity contribution >= 4 is 108 Å². The van der Waals surface area contributed by atoms with Gasteiger partial charge >= 0.3 is 5.69 Å². The average Bonchev–Trinajstić information content (AvgIpc) is 3.17. The van der Waals surface area contributed by atoms with Gasteiger partial charge in [-0.3, -0.25) is 23.2 Å². The summed E-state index contributed by atoms with van der Waals surface area (Å²) in [6.07, 6.45) is 0. The van der Waals surface area contributed by atoms with Gasteiger partial charge < -0.3 is 10.6 Å². The summed E-state index contributed by atoms with van der Waals surface area (Å²) < 4.78 is 135. The molecular formula is C35H25N9O13S4. The monoisotopic (exact) mass is 907 g/mol. The highest BCUT2D eigenvalue weighted by Crippen LogP contribution is 2.35. The second-order valence-corrected chi connectivity index (χ2v) is 18.1. The van der Waals surface area contributed by atoms with Gasteiger partial charge in [-0.15, -0.1) is 0 Å². The van der Waals surface area contributed by atoms with Crippen molar-refractivity contribution in [3.8, 4) is 0 Å². The highest BCUT2D eigenvalue weighted by atomic mass is 32.2. The molecule has 1 aromatic heterocycles. The van der Waals surface area contributed by atoms with Crippen molar-refractivity contribution < 1.29 is 51.9 Å². The first kappa shape index (κ1) is 42.2. The molecule has 1 heterocycles. The Morgan fingerprint density at radius 3 is 1.25 bits per heavy atom. The largest absolute Gasteiger partial charge is 0.351 e. The second-order valence-electron chi connectivity index (χ2n) is 12.6. The number of hydrogen-bond acceptors (Lipinski definition) is 17. The standard InChI is InChI=1S/C35H25N9O13S4/c45-35-39-33(36-19-7-11-21(12-8-19)41-43-23-15-27-25(31(17-23)60(52,53)54)3-1-5-29(27)58(46,47)48)38-34(40-35)37-20-9-13-22(14-10-20)42-44-24-16-28-26(32(18-24)61(55,56)57)4-2-6-30(28)59(49,50)51/h1-18H,(H,46,47,48)(H,49,50,51)(H,52,53,54)(H,55,56,57)(H3,36,37,38,39,40,45). The van der Waals surface area contributed by atoms with E-state index in [0.29, 0.717) is 11.4 Å². The van der Waals surface area contributed by atoms with Crippen LogP contribution in [0.4, 0.5) is 46.0 Å². The molecule has 26 heteroatoms. The Balaban J connectivity index is 1.06. The Labute approximate surface area is 343 Å². The first-order valence-electron chi connectivity index (χ1n) is 16.7. The van der Waals surface area contributed by atoms with Crippen LogP contribution in [0, 0.1) is 0 Å². The Bertz CT molecular complexity index is 3270. The zero-order chi connectivity index (χ0) is 43.9. The molecule has 6 aromatic carbocycles. The van der Waals surface area contributed by atoms with Crippen LogP contribution in [-0.2, 0) is 40.5 Å². The molecule has 0 bridgehead atoms. The molecule has 0 amide bonds. The minimum atomic E-state index is -4.86. The van der Waals surface area contributed by atoms with E-state index in [1.807, 2.05) is 0 Å². The molecule has 0 aliphatic carbocycles. The molecule has 0 saturated carbocycles. The van der Waals surface area contributed by atoms with E-state index >= 15 is 0 Å². The second kappa shape index (κ2) is 15.9. The van der Waals surface area contributed by atoms with E-state index in [2.05, 4.69) is 46.0 Å². The van der Waals surface area contributed by atoms with Crippen molar-refractivity contribution in [1.82, 2.24) is 15.0 Å². The number of nitrogens with one attached hydrogen (secondary N) is 3. The molecule has 22 nitrogen and oxygen atoms in total. The Morgan fingerprint density at radius 2 is 0.836 bits per heavy atom. The number of H-pyrrole nitrogens is 1. The number of nitrogens with zero attached hydrogens (tertiary/aromatic N) is 6. The van der Waals surface area contributed by atoms with E-state index in [1.165, 1.54) is 84.9 Å². The van der Waals surface area contributed by atoms with Gasteiger partial charge in [0.2, 0.25) is 11.9 Å². The third-order valence-corrected chi connectivity index (χ3v) is 12.0. The van der Waals surface area contributed by atoms with Crippen molar-refractivity contribution in [2.24, 2.45) is 20.5 Å². The van der Waals surface area contributed by atoms with Crippen LogP contribution >= 0.6 is 0 Å². The molecule has 61 heavy (non-hydrogen) atoms. The minimum Gasteiger partial charge on any atom is -0.326 e. The third kappa shape index (κ3) is 9.77. The molecule has 0 atom stereocenters. The number of fused-ring (bicyclic) bond motifs is 2.